The molecule has 0 radical (unpaired) electrons. The molecule has 6 nitrogen and oxygen atoms in total. The standard InChI is InChI=1S/C32H30F2N4O2/c1-32(2,40)17-37-10-9-19-11-25(27(34)15-30(19)37)23-7-5-20(31(39)38-22-6-8-29(38)28(36)14-22)12-24(23)18-3-4-21(16-35)26(33)13-18/h3-5,7,9-13,15,22,28-29,40H,6,8,14,17,36H2,1-2H3/t22-,28+,29+/m0/s1. The van der Waals surface area contributed by atoms with Crippen LogP contribution < -0.4 is 5.73 Å². The lowest BCUT2D eigenvalue weighted by Gasteiger charge is -2.24. The van der Waals surface area contributed by atoms with Crippen LogP contribution in [0, 0.1) is 23.0 Å². The summed E-state index contributed by atoms with van der Waals surface area (Å²) in [7, 11) is 0. The smallest absolute Gasteiger partial charge is 0.254 e. The van der Waals surface area contributed by atoms with E-state index in [0.717, 1.165) is 24.6 Å². The Balaban J connectivity index is 1.48. The molecule has 2 fully saturated rings. The molecule has 3 heterocycles. The quantitative estimate of drug-likeness (QED) is 0.345. The number of halogens is 2. The van der Waals surface area contributed by atoms with E-state index < -0.39 is 17.2 Å². The van der Waals surface area contributed by atoms with Crippen molar-refractivity contribution in [2.75, 3.05) is 0 Å². The van der Waals surface area contributed by atoms with Gasteiger partial charge in [-0.25, -0.2) is 8.78 Å². The van der Waals surface area contributed by atoms with Crippen LogP contribution in [0.1, 0.15) is 49.0 Å². The number of fused-ring (bicyclic) bond motifs is 3. The van der Waals surface area contributed by atoms with Crippen molar-refractivity contribution in [1.82, 2.24) is 9.47 Å². The van der Waals surface area contributed by atoms with Gasteiger partial charge in [0.15, 0.2) is 0 Å². The van der Waals surface area contributed by atoms with Gasteiger partial charge in [0.25, 0.3) is 5.91 Å². The molecule has 0 saturated carbocycles. The summed E-state index contributed by atoms with van der Waals surface area (Å²) in [5.74, 6) is -1.31. The Morgan fingerprint density at radius 1 is 1.05 bits per heavy atom. The number of rotatable bonds is 5. The minimum absolute atomic E-state index is 0.000713. The van der Waals surface area contributed by atoms with Gasteiger partial charge in [-0.2, -0.15) is 5.26 Å². The maximum Gasteiger partial charge on any atom is 0.254 e. The number of carbonyl (C=O) groups is 1. The van der Waals surface area contributed by atoms with E-state index in [1.54, 1.807) is 54.9 Å². The average molecular weight is 541 g/mol. The largest absolute Gasteiger partial charge is 0.389 e. The molecule has 0 unspecified atom stereocenters. The molecule has 0 spiro atoms. The molecule has 3 N–H and O–H groups in total. The molecule has 6 rings (SSSR count). The number of nitriles is 1. The summed E-state index contributed by atoms with van der Waals surface area (Å²) in [5.41, 5.74) is 7.98. The van der Waals surface area contributed by atoms with Gasteiger partial charge in [0.1, 0.15) is 17.7 Å². The lowest BCUT2D eigenvalue weighted by atomic mass is 9.91. The van der Waals surface area contributed by atoms with Gasteiger partial charge in [0, 0.05) is 40.8 Å². The zero-order valence-electron chi connectivity index (χ0n) is 22.4. The minimum atomic E-state index is -0.977. The monoisotopic (exact) mass is 540 g/mol. The molecule has 1 aromatic heterocycles. The summed E-state index contributed by atoms with van der Waals surface area (Å²) in [4.78, 5) is 15.5. The first-order valence-corrected chi connectivity index (χ1v) is 13.5. The van der Waals surface area contributed by atoms with E-state index in [1.165, 1.54) is 18.2 Å². The number of hydrogen-bond acceptors (Lipinski definition) is 4. The molecule has 2 bridgehead atoms. The van der Waals surface area contributed by atoms with E-state index in [4.69, 9.17) is 5.73 Å². The van der Waals surface area contributed by atoms with E-state index in [9.17, 15) is 19.6 Å². The zero-order valence-corrected chi connectivity index (χ0v) is 22.4. The maximum absolute atomic E-state index is 15.8. The molecular weight excluding hydrogens is 510 g/mol. The molecule has 2 aliphatic rings. The molecule has 0 aliphatic carbocycles. The molecule has 4 aromatic rings. The second kappa shape index (κ2) is 9.54. The van der Waals surface area contributed by atoms with Crippen LogP contribution in [0.25, 0.3) is 33.2 Å². The third kappa shape index (κ3) is 4.45. The number of benzene rings is 3. The van der Waals surface area contributed by atoms with Crippen LogP contribution in [0.15, 0.2) is 60.8 Å². The van der Waals surface area contributed by atoms with Crippen LogP contribution in [0.2, 0.25) is 0 Å². The SMILES string of the molecule is CC(C)(O)Cn1ccc2cc(-c3ccc(C(=O)N4[C@H]5CC[C@@H]4[C@H](N)C5)cc3-c3ccc(C#N)c(F)c3)c(F)cc21. The Morgan fingerprint density at radius 3 is 2.50 bits per heavy atom. The highest BCUT2D eigenvalue weighted by atomic mass is 19.1. The van der Waals surface area contributed by atoms with Crippen molar-refractivity contribution in [3.8, 4) is 28.3 Å². The van der Waals surface area contributed by atoms with Crippen LogP contribution in [-0.2, 0) is 6.54 Å². The summed E-state index contributed by atoms with van der Waals surface area (Å²) < 4.78 is 32.3. The minimum Gasteiger partial charge on any atom is -0.389 e. The Bertz CT molecular complexity index is 1700. The third-order valence-electron chi connectivity index (χ3n) is 8.19. The number of nitrogens with two attached hydrogens (primary N) is 1. The topological polar surface area (TPSA) is 95.3 Å². The molecule has 3 atom stereocenters. The fourth-order valence-electron chi connectivity index (χ4n) is 6.40. The molecule has 3 aromatic carbocycles. The molecule has 2 saturated heterocycles. The molecular formula is C32H30F2N4O2. The average Bonchev–Trinajstić information content (AvgIpc) is 3.59. The van der Waals surface area contributed by atoms with Gasteiger partial charge in [0.05, 0.1) is 23.2 Å². The molecule has 40 heavy (non-hydrogen) atoms. The fraction of sp³-hybridized carbons (Fsp3) is 0.312. The number of hydrogen-bond donors (Lipinski definition) is 2. The van der Waals surface area contributed by atoms with E-state index in [0.29, 0.717) is 39.9 Å². The van der Waals surface area contributed by atoms with Crippen LogP contribution in [0.5, 0.6) is 0 Å². The predicted molar refractivity (Wildman–Crippen MR) is 149 cm³/mol. The lowest BCUT2D eigenvalue weighted by molar-refractivity contribution is 0.0628. The first-order valence-electron chi connectivity index (χ1n) is 13.5. The van der Waals surface area contributed by atoms with Gasteiger partial charge in [-0.3, -0.25) is 4.79 Å². The third-order valence-corrected chi connectivity index (χ3v) is 8.19. The van der Waals surface area contributed by atoms with E-state index >= 15 is 4.39 Å². The van der Waals surface area contributed by atoms with Crippen molar-refractivity contribution < 1.29 is 18.7 Å². The van der Waals surface area contributed by atoms with E-state index in [1.807, 2.05) is 17.0 Å². The Morgan fingerprint density at radius 2 is 1.85 bits per heavy atom. The number of aromatic nitrogens is 1. The molecule has 2 aliphatic heterocycles. The summed E-state index contributed by atoms with van der Waals surface area (Å²) in [6.45, 7) is 3.68. The highest BCUT2D eigenvalue weighted by Gasteiger charge is 2.47. The second-order valence-electron chi connectivity index (χ2n) is 11.6. The van der Waals surface area contributed by atoms with Crippen LogP contribution >= 0.6 is 0 Å². The fourth-order valence-corrected chi connectivity index (χ4v) is 6.40. The molecule has 8 heteroatoms. The Labute approximate surface area is 231 Å². The molecule has 1 amide bonds. The Kier molecular flexibility index (Phi) is 6.25. The Hall–Kier alpha value is -4.06. The van der Waals surface area contributed by atoms with Gasteiger partial charge >= 0.3 is 0 Å². The lowest BCUT2D eigenvalue weighted by Crippen LogP contribution is -2.40. The number of nitrogens with zero attached hydrogens (tertiary/aromatic N) is 3. The first kappa shape index (κ1) is 26.2. The number of carbonyl (C=O) groups excluding carboxylic acids is 1. The number of amides is 1. The van der Waals surface area contributed by atoms with Gasteiger partial charge < -0.3 is 20.3 Å². The van der Waals surface area contributed by atoms with Crippen LogP contribution in [0.3, 0.4) is 0 Å². The maximum atomic E-state index is 15.8. The van der Waals surface area contributed by atoms with Crippen LogP contribution in [0.4, 0.5) is 8.78 Å². The van der Waals surface area contributed by atoms with Crippen molar-refractivity contribution in [1.29, 1.82) is 5.26 Å². The van der Waals surface area contributed by atoms with Gasteiger partial charge in [-0.15, -0.1) is 0 Å². The predicted octanol–water partition coefficient (Wildman–Crippen LogP) is 5.60. The van der Waals surface area contributed by atoms with Crippen molar-refractivity contribution in [2.24, 2.45) is 5.73 Å². The van der Waals surface area contributed by atoms with Crippen molar-refractivity contribution in [3.63, 3.8) is 0 Å². The highest BCUT2D eigenvalue weighted by molar-refractivity contribution is 5.99. The second-order valence-corrected chi connectivity index (χ2v) is 11.6. The zero-order chi connectivity index (χ0) is 28.3. The van der Waals surface area contributed by atoms with Gasteiger partial charge in [0.2, 0.25) is 0 Å². The summed E-state index contributed by atoms with van der Waals surface area (Å²) in [6.07, 6.45) is 4.38. The first-order chi connectivity index (χ1) is 19.0. The highest BCUT2D eigenvalue weighted by Crippen LogP contribution is 2.40. The summed E-state index contributed by atoms with van der Waals surface area (Å²) in [5, 5.41) is 20.3. The van der Waals surface area contributed by atoms with Crippen LogP contribution in [-0.4, -0.2) is 44.2 Å². The van der Waals surface area contributed by atoms with Gasteiger partial charge in [-0.05, 0) is 92.3 Å². The summed E-state index contributed by atoms with van der Waals surface area (Å²) >= 11 is 0. The van der Waals surface area contributed by atoms with E-state index in [2.05, 4.69) is 0 Å². The number of aliphatic hydroxyl groups is 1. The summed E-state index contributed by atoms with van der Waals surface area (Å²) in [6, 6.07) is 16.2. The molecule has 204 valence electrons. The van der Waals surface area contributed by atoms with Crippen molar-refractivity contribution in [2.45, 2.75) is 63.4 Å². The normalized spacial score (nSPS) is 20.3. The van der Waals surface area contributed by atoms with Crippen molar-refractivity contribution in [3.05, 3.63) is 83.6 Å². The van der Waals surface area contributed by atoms with Crippen molar-refractivity contribution >= 4 is 16.8 Å². The van der Waals surface area contributed by atoms with Gasteiger partial charge in [-0.1, -0.05) is 12.1 Å². The van der Waals surface area contributed by atoms with E-state index in [-0.39, 0.29) is 29.6 Å².